The Bertz CT molecular complexity index is 1450. The molecule has 3 aromatic rings. The van der Waals surface area contributed by atoms with Crippen LogP contribution in [0.5, 0.6) is 0 Å². The van der Waals surface area contributed by atoms with Crippen molar-refractivity contribution in [3.05, 3.63) is 112 Å². The van der Waals surface area contributed by atoms with Gasteiger partial charge in [-0.2, -0.15) is 0 Å². The highest BCUT2D eigenvalue weighted by Crippen LogP contribution is 2.55. The summed E-state index contributed by atoms with van der Waals surface area (Å²) in [7, 11) is 4.05. The predicted octanol–water partition coefficient (Wildman–Crippen LogP) is 6.73. The van der Waals surface area contributed by atoms with Gasteiger partial charge in [-0.1, -0.05) is 36.4 Å². The maximum absolute atomic E-state index is 14.8. The third-order valence-electron chi connectivity index (χ3n) is 9.27. The van der Waals surface area contributed by atoms with Gasteiger partial charge < -0.3 is 4.90 Å². The fourth-order valence-corrected chi connectivity index (χ4v) is 7.29. The third-order valence-corrected chi connectivity index (χ3v) is 9.27. The number of amides is 1. The monoisotopic (exact) mass is 516 g/mol. The Balaban J connectivity index is 1.44. The van der Waals surface area contributed by atoms with Gasteiger partial charge in [-0.25, -0.2) is 13.2 Å². The minimum atomic E-state index is -0.835. The van der Waals surface area contributed by atoms with Gasteiger partial charge in [-0.3, -0.25) is 9.69 Å². The Labute approximate surface area is 221 Å². The topological polar surface area (TPSA) is 23.6 Å². The summed E-state index contributed by atoms with van der Waals surface area (Å²) in [5.41, 5.74) is 4.91. The van der Waals surface area contributed by atoms with Crippen LogP contribution >= 0.6 is 0 Å². The first-order chi connectivity index (χ1) is 18.2. The Hall–Kier alpha value is -3.38. The molecule has 0 saturated heterocycles. The number of hydrogen-bond acceptors (Lipinski definition) is 2. The molecule has 196 valence electrons. The maximum Gasteiger partial charge on any atom is 0.257 e. The highest BCUT2D eigenvalue weighted by Gasteiger charge is 2.54. The number of carbonyl (C=O) groups is 1. The van der Waals surface area contributed by atoms with Gasteiger partial charge in [0.1, 0.15) is 17.5 Å². The van der Waals surface area contributed by atoms with E-state index < -0.39 is 23.1 Å². The normalized spacial score (nSPS) is 24.6. The Morgan fingerprint density at radius 1 is 0.868 bits per heavy atom. The van der Waals surface area contributed by atoms with Crippen molar-refractivity contribution >= 4 is 11.5 Å². The van der Waals surface area contributed by atoms with Crippen molar-refractivity contribution in [2.24, 2.45) is 0 Å². The van der Waals surface area contributed by atoms with Gasteiger partial charge in [-0.05, 0) is 105 Å². The number of nitrogens with zero attached hydrogens (tertiary/aromatic N) is 2. The number of halogens is 3. The average molecular weight is 517 g/mol. The van der Waals surface area contributed by atoms with Crippen LogP contribution < -0.4 is 0 Å². The predicted molar refractivity (Wildman–Crippen MR) is 142 cm³/mol. The largest absolute Gasteiger partial charge is 0.329 e. The lowest BCUT2D eigenvalue weighted by atomic mass is 9.63. The van der Waals surface area contributed by atoms with E-state index in [0.29, 0.717) is 38.6 Å². The molecule has 38 heavy (non-hydrogen) atoms. The molecule has 0 N–H and O–H groups in total. The molecule has 0 unspecified atom stereocenters. The van der Waals surface area contributed by atoms with Crippen molar-refractivity contribution in [2.45, 2.75) is 49.6 Å². The van der Waals surface area contributed by atoms with Gasteiger partial charge in [0.25, 0.3) is 5.91 Å². The second-order valence-corrected chi connectivity index (χ2v) is 11.1. The fourth-order valence-electron chi connectivity index (χ4n) is 7.29. The van der Waals surface area contributed by atoms with Gasteiger partial charge in [0.2, 0.25) is 0 Å². The lowest BCUT2D eigenvalue weighted by molar-refractivity contribution is 0.00691. The van der Waals surface area contributed by atoms with Crippen molar-refractivity contribution in [3.8, 4) is 0 Å². The average Bonchev–Trinajstić information content (AvgIpc) is 3.29. The van der Waals surface area contributed by atoms with Crippen LogP contribution in [0.25, 0.3) is 5.57 Å². The molecule has 1 fully saturated rings. The molecular weight excluding hydrogens is 485 g/mol. The smallest absolute Gasteiger partial charge is 0.257 e. The van der Waals surface area contributed by atoms with E-state index in [0.717, 1.165) is 24.1 Å². The van der Waals surface area contributed by atoms with Crippen LogP contribution in [0.15, 0.2) is 72.3 Å². The first-order valence-electron chi connectivity index (χ1n) is 13.3. The third kappa shape index (κ3) is 3.72. The standard InChI is InChI=1S/C32H31F3N2O/c1-36(2)31(22-7-5-8-23(33)19-22)13-15-32(16-14-31)28-18-21-6-3-4-9-25(21)26(28)12-17-37(32)30(38)27-11-10-24(34)20-29(27)35/h3-11,19-20H,12-18H2,1-2H3. The van der Waals surface area contributed by atoms with E-state index in [1.54, 1.807) is 12.1 Å². The quantitative estimate of drug-likeness (QED) is 0.385. The first kappa shape index (κ1) is 24.9. The highest BCUT2D eigenvalue weighted by atomic mass is 19.1. The van der Waals surface area contributed by atoms with E-state index in [4.69, 9.17) is 0 Å². The van der Waals surface area contributed by atoms with Crippen LogP contribution in [-0.2, 0) is 12.0 Å². The van der Waals surface area contributed by atoms with Gasteiger partial charge in [0.05, 0.1) is 11.1 Å². The van der Waals surface area contributed by atoms with E-state index in [1.165, 1.54) is 34.4 Å². The van der Waals surface area contributed by atoms with Gasteiger partial charge in [0, 0.05) is 18.2 Å². The summed E-state index contributed by atoms with van der Waals surface area (Å²) in [4.78, 5) is 18.0. The molecule has 1 spiro atoms. The fraction of sp³-hybridized carbons (Fsp3) is 0.344. The van der Waals surface area contributed by atoms with Crippen molar-refractivity contribution in [1.29, 1.82) is 0 Å². The molecule has 6 heteroatoms. The summed E-state index contributed by atoms with van der Waals surface area (Å²) >= 11 is 0. The van der Waals surface area contributed by atoms with E-state index in [9.17, 15) is 18.0 Å². The van der Waals surface area contributed by atoms with E-state index in [-0.39, 0.29) is 16.9 Å². The van der Waals surface area contributed by atoms with Crippen LogP contribution in [0.3, 0.4) is 0 Å². The van der Waals surface area contributed by atoms with Crippen LogP contribution in [0.2, 0.25) is 0 Å². The molecule has 3 nitrogen and oxygen atoms in total. The highest BCUT2D eigenvalue weighted by molar-refractivity contribution is 5.96. The summed E-state index contributed by atoms with van der Waals surface area (Å²) in [6, 6.07) is 18.4. The zero-order valence-corrected chi connectivity index (χ0v) is 21.7. The van der Waals surface area contributed by atoms with Crippen LogP contribution in [-0.4, -0.2) is 41.9 Å². The molecule has 6 rings (SSSR count). The number of fused-ring (bicyclic) bond motifs is 3. The molecule has 3 aliphatic rings. The molecule has 0 bridgehead atoms. The lowest BCUT2D eigenvalue weighted by Gasteiger charge is -2.56. The second kappa shape index (κ2) is 9.12. The number of carbonyl (C=O) groups excluding carboxylic acids is 1. The molecule has 0 radical (unpaired) electrons. The van der Waals surface area contributed by atoms with Crippen LogP contribution in [0.4, 0.5) is 13.2 Å². The number of benzene rings is 3. The number of rotatable bonds is 3. The molecule has 1 amide bonds. The van der Waals surface area contributed by atoms with Gasteiger partial charge >= 0.3 is 0 Å². The first-order valence-corrected chi connectivity index (χ1v) is 13.3. The summed E-state index contributed by atoms with van der Waals surface area (Å²) < 4.78 is 42.8. The molecule has 2 aliphatic carbocycles. The van der Waals surface area contributed by atoms with E-state index in [1.807, 2.05) is 31.1 Å². The molecule has 1 saturated carbocycles. The SMILES string of the molecule is CN(C)C1(c2cccc(F)c2)CCC2(CC1)C1=C(CCN2C(=O)c2ccc(F)cc2F)c2ccccc2C1. The van der Waals surface area contributed by atoms with Crippen molar-refractivity contribution in [1.82, 2.24) is 9.80 Å². The Kier molecular flexibility index (Phi) is 5.98. The zero-order valence-electron chi connectivity index (χ0n) is 21.7. The molecule has 1 aliphatic heterocycles. The second-order valence-electron chi connectivity index (χ2n) is 11.1. The molecule has 0 atom stereocenters. The molecule has 0 aromatic heterocycles. The zero-order chi connectivity index (χ0) is 26.7. The lowest BCUT2D eigenvalue weighted by Crippen LogP contribution is -2.60. The van der Waals surface area contributed by atoms with E-state index in [2.05, 4.69) is 23.1 Å². The van der Waals surface area contributed by atoms with Gasteiger partial charge in [-0.15, -0.1) is 0 Å². The summed E-state index contributed by atoms with van der Waals surface area (Å²) in [6.45, 7) is 0.470. The van der Waals surface area contributed by atoms with E-state index >= 15 is 0 Å². The molecular formula is C32H31F3N2O. The summed E-state index contributed by atoms with van der Waals surface area (Å²) in [5, 5.41) is 0. The molecule has 1 heterocycles. The van der Waals surface area contributed by atoms with Crippen LogP contribution in [0.1, 0.15) is 59.2 Å². The van der Waals surface area contributed by atoms with Crippen LogP contribution in [0, 0.1) is 17.5 Å². The molecule has 3 aromatic carbocycles. The van der Waals surface area contributed by atoms with Crippen molar-refractivity contribution in [2.75, 3.05) is 20.6 Å². The van der Waals surface area contributed by atoms with Gasteiger partial charge in [0.15, 0.2) is 0 Å². The summed E-state index contributed by atoms with van der Waals surface area (Å²) in [6.07, 6.45) is 4.23. The summed E-state index contributed by atoms with van der Waals surface area (Å²) in [5.74, 6) is -2.19. The minimum Gasteiger partial charge on any atom is -0.329 e. The minimum absolute atomic E-state index is 0.0973. The van der Waals surface area contributed by atoms with Crippen molar-refractivity contribution < 1.29 is 18.0 Å². The Morgan fingerprint density at radius 3 is 2.32 bits per heavy atom. The number of hydrogen-bond donors (Lipinski definition) is 0. The maximum atomic E-state index is 14.8. The Morgan fingerprint density at radius 2 is 1.61 bits per heavy atom. The van der Waals surface area contributed by atoms with Crippen molar-refractivity contribution in [3.63, 3.8) is 0 Å².